The van der Waals surface area contributed by atoms with Crippen LogP contribution in [-0.4, -0.2) is 24.1 Å². The summed E-state index contributed by atoms with van der Waals surface area (Å²) in [5.74, 6) is 0.442. The van der Waals surface area contributed by atoms with Crippen LogP contribution in [0.1, 0.15) is 19.8 Å². The van der Waals surface area contributed by atoms with Gasteiger partial charge in [-0.1, -0.05) is 48.6 Å². The fraction of sp³-hybridized carbons (Fsp3) is 0.368. The lowest BCUT2D eigenvalue weighted by Gasteiger charge is -2.26. The fourth-order valence-electron chi connectivity index (χ4n) is 3.36. The molecule has 2 heterocycles. The first-order valence-electron chi connectivity index (χ1n) is 8.39. The van der Waals surface area contributed by atoms with Crippen LogP contribution >= 0.6 is 11.3 Å². The zero-order valence-corrected chi connectivity index (χ0v) is 14.4. The molecule has 1 N–H and O–H groups in total. The number of thiazole rings is 1. The molecule has 1 aliphatic rings. The highest BCUT2D eigenvalue weighted by Crippen LogP contribution is 2.32. The first-order chi connectivity index (χ1) is 11.7. The van der Waals surface area contributed by atoms with Crippen molar-refractivity contribution in [1.29, 1.82) is 0 Å². The smallest absolute Gasteiger partial charge is 0.229 e. The molecule has 24 heavy (non-hydrogen) atoms. The van der Waals surface area contributed by atoms with Crippen molar-refractivity contribution in [2.24, 2.45) is 11.8 Å². The fourth-order valence-corrected chi connectivity index (χ4v) is 4.25. The number of nitrogens with one attached hydrogen (secondary N) is 1. The Morgan fingerprint density at radius 1 is 1.25 bits per heavy atom. The number of carbonyl (C=O) groups excluding carboxylic acids is 1. The molecule has 0 saturated carbocycles. The maximum atomic E-state index is 12.6. The van der Waals surface area contributed by atoms with Gasteiger partial charge in [0.15, 0.2) is 5.13 Å². The van der Waals surface area contributed by atoms with Gasteiger partial charge in [0.25, 0.3) is 0 Å². The molecule has 1 atom stereocenters. The van der Waals surface area contributed by atoms with E-state index in [0.717, 1.165) is 41.7 Å². The molecule has 2 aromatic carbocycles. The van der Waals surface area contributed by atoms with E-state index in [1.54, 1.807) is 0 Å². The van der Waals surface area contributed by atoms with Gasteiger partial charge in [-0.3, -0.25) is 4.79 Å². The number of nitrogens with zero attached hydrogens (tertiary/aromatic N) is 1. The maximum absolute atomic E-state index is 12.6. The van der Waals surface area contributed by atoms with E-state index in [-0.39, 0.29) is 11.8 Å². The number of amides is 1. The Labute approximate surface area is 144 Å². The summed E-state index contributed by atoms with van der Waals surface area (Å²) in [4.78, 5) is 17.2. The summed E-state index contributed by atoms with van der Waals surface area (Å²) < 4.78 is 6.49. The summed E-state index contributed by atoms with van der Waals surface area (Å²) in [6, 6.07) is 12.4. The third kappa shape index (κ3) is 2.89. The second kappa shape index (κ2) is 6.49. The summed E-state index contributed by atoms with van der Waals surface area (Å²) in [5, 5.41) is 6.01. The van der Waals surface area contributed by atoms with Gasteiger partial charge in [0.1, 0.15) is 0 Å². The minimum absolute atomic E-state index is 0.0161. The molecule has 1 amide bonds. The minimum atomic E-state index is -0.0161. The molecule has 0 radical (unpaired) electrons. The molecule has 4 nitrogen and oxygen atoms in total. The van der Waals surface area contributed by atoms with E-state index >= 15 is 0 Å². The Balaban J connectivity index is 1.58. The van der Waals surface area contributed by atoms with Crippen molar-refractivity contribution in [1.82, 2.24) is 4.98 Å². The average molecular weight is 340 g/mol. The number of hydrogen-bond donors (Lipinski definition) is 1. The van der Waals surface area contributed by atoms with Gasteiger partial charge >= 0.3 is 0 Å². The number of aromatic nitrogens is 1. The van der Waals surface area contributed by atoms with E-state index in [0.29, 0.717) is 11.0 Å². The molecule has 0 bridgehead atoms. The maximum Gasteiger partial charge on any atom is 0.229 e. The van der Waals surface area contributed by atoms with Crippen molar-refractivity contribution in [2.75, 3.05) is 18.5 Å². The Kier molecular flexibility index (Phi) is 4.21. The number of benzene rings is 2. The molecule has 1 aliphatic heterocycles. The first kappa shape index (κ1) is 15.5. The minimum Gasteiger partial charge on any atom is -0.381 e. The predicted molar refractivity (Wildman–Crippen MR) is 98.5 cm³/mol. The lowest BCUT2D eigenvalue weighted by atomic mass is 9.87. The Hall–Kier alpha value is -1.98. The Morgan fingerprint density at radius 3 is 2.88 bits per heavy atom. The SMILES string of the molecule is C[C@H](C(=O)Nc1nc2c(ccc3ccccc32)s1)C1CCOCC1. The summed E-state index contributed by atoms with van der Waals surface area (Å²) in [6.45, 7) is 3.53. The standard InChI is InChI=1S/C19H20N2O2S/c1-12(13-8-10-23-11-9-13)18(22)21-19-20-17-15-5-3-2-4-14(15)6-7-16(17)24-19/h2-7,12-13H,8-11H2,1H3,(H,20,21,22)/t12-/m0/s1. The van der Waals surface area contributed by atoms with Crippen LogP contribution in [0.2, 0.25) is 0 Å². The van der Waals surface area contributed by atoms with E-state index in [9.17, 15) is 4.79 Å². The number of fused-ring (bicyclic) bond motifs is 3. The van der Waals surface area contributed by atoms with Crippen molar-refractivity contribution >= 4 is 43.4 Å². The topological polar surface area (TPSA) is 51.2 Å². The molecule has 0 spiro atoms. The lowest BCUT2D eigenvalue weighted by molar-refractivity contribution is -0.122. The number of ether oxygens (including phenoxy) is 1. The van der Waals surface area contributed by atoms with Gasteiger partial charge < -0.3 is 10.1 Å². The van der Waals surface area contributed by atoms with Crippen molar-refractivity contribution in [3.05, 3.63) is 36.4 Å². The average Bonchev–Trinajstić information content (AvgIpc) is 3.04. The number of rotatable bonds is 3. The van der Waals surface area contributed by atoms with E-state index in [1.807, 2.05) is 19.1 Å². The van der Waals surface area contributed by atoms with Crippen LogP contribution in [0, 0.1) is 11.8 Å². The molecule has 0 aliphatic carbocycles. The van der Waals surface area contributed by atoms with Crippen molar-refractivity contribution in [2.45, 2.75) is 19.8 Å². The summed E-state index contributed by atoms with van der Waals surface area (Å²) in [6.07, 6.45) is 1.91. The summed E-state index contributed by atoms with van der Waals surface area (Å²) >= 11 is 1.54. The molecule has 1 fully saturated rings. The van der Waals surface area contributed by atoms with Crippen LogP contribution in [0.4, 0.5) is 5.13 Å². The molecule has 1 saturated heterocycles. The lowest BCUT2D eigenvalue weighted by Crippen LogP contribution is -2.30. The second-order valence-electron chi connectivity index (χ2n) is 6.38. The summed E-state index contributed by atoms with van der Waals surface area (Å²) in [5.41, 5.74) is 0.965. The van der Waals surface area contributed by atoms with E-state index < -0.39 is 0 Å². The Bertz CT molecular complexity index is 883. The predicted octanol–water partition coefficient (Wildman–Crippen LogP) is 4.45. The van der Waals surface area contributed by atoms with Gasteiger partial charge in [-0.25, -0.2) is 4.98 Å². The van der Waals surface area contributed by atoms with Crippen LogP contribution in [0.25, 0.3) is 21.0 Å². The monoisotopic (exact) mass is 340 g/mol. The first-order valence-corrected chi connectivity index (χ1v) is 9.21. The molecule has 0 unspecified atom stereocenters. The van der Waals surface area contributed by atoms with Crippen molar-refractivity contribution in [3.63, 3.8) is 0 Å². The van der Waals surface area contributed by atoms with Crippen LogP contribution in [-0.2, 0) is 9.53 Å². The summed E-state index contributed by atoms with van der Waals surface area (Å²) in [7, 11) is 0. The van der Waals surface area contributed by atoms with E-state index in [2.05, 4.69) is 34.6 Å². The zero-order valence-electron chi connectivity index (χ0n) is 13.6. The molecule has 1 aromatic heterocycles. The van der Waals surface area contributed by atoms with Crippen molar-refractivity contribution in [3.8, 4) is 0 Å². The van der Waals surface area contributed by atoms with E-state index in [1.165, 1.54) is 16.7 Å². The van der Waals surface area contributed by atoms with Gasteiger partial charge in [-0.2, -0.15) is 0 Å². The number of carbonyl (C=O) groups is 1. The van der Waals surface area contributed by atoms with Gasteiger partial charge in [0.05, 0.1) is 10.2 Å². The van der Waals surface area contributed by atoms with Gasteiger partial charge in [0.2, 0.25) is 5.91 Å². The van der Waals surface area contributed by atoms with Crippen LogP contribution in [0.3, 0.4) is 0 Å². The van der Waals surface area contributed by atoms with Crippen molar-refractivity contribution < 1.29 is 9.53 Å². The van der Waals surface area contributed by atoms with Gasteiger partial charge in [-0.05, 0) is 30.2 Å². The third-order valence-electron chi connectivity index (χ3n) is 4.90. The normalized spacial score (nSPS) is 17.2. The highest BCUT2D eigenvalue weighted by Gasteiger charge is 2.26. The van der Waals surface area contributed by atoms with Crippen LogP contribution in [0.5, 0.6) is 0 Å². The van der Waals surface area contributed by atoms with Gasteiger partial charge in [-0.15, -0.1) is 0 Å². The molecule has 5 heteroatoms. The quantitative estimate of drug-likeness (QED) is 0.766. The third-order valence-corrected chi connectivity index (χ3v) is 5.84. The van der Waals surface area contributed by atoms with E-state index in [4.69, 9.17) is 4.74 Å². The largest absolute Gasteiger partial charge is 0.381 e. The molecular formula is C19H20N2O2S. The van der Waals surface area contributed by atoms with Crippen LogP contribution in [0.15, 0.2) is 36.4 Å². The number of anilines is 1. The molecular weight excluding hydrogens is 320 g/mol. The Morgan fingerprint density at radius 2 is 2.04 bits per heavy atom. The highest BCUT2D eigenvalue weighted by molar-refractivity contribution is 7.22. The zero-order chi connectivity index (χ0) is 16.5. The highest BCUT2D eigenvalue weighted by atomic mass is 32.1. The molecule has 3 aromatic rings. The number of hydrogen-bond acceptors (Lipinski definition) is 4. The molecule has 124 valence electrons. The van der Waals surface area contributed by atoms with Gasteiger partial charge in [0, 0.05) is 24.5 Å². The molecule has 4 rings (SSSR count). The second-order valence-corrected chi connectivity index (χ2v) is 7.41. The van der Waals surface area contributed by atoms with Crippen LogP contribution < -0.4 is 5.32 Å².